The van der Waals surface area contributed by atoms with Crippen molar-refractivity contribution in [2.75, 3.05) is 20.6 Å². The number of pyridine rings is 2. The fourth-order valence-electron chi connectivity index (χ4n) is 2.35. The molecule has 2 rings (SSSR count). The molecule has 0 aromatic carbocycles. The molecular formula is C15H21N3O. The minimum atomic E-state index is 0.0313. The molecule has 0 aliphatic rings. The van der Waals surface area contributed by atoms with Gasteiger partial charge in [-0.2, -0.15) is 0 Å². The first-order chi connectivity index (χ1) is 8.99. The third kappa shape index (κ3) is 3.01. The fourth-order valence-corrected chi connectivity index (χ4v) is 2.35. The summed E-state index contributed by atoms with van der Waals surface area (Å²) >= 11 is 0. The predicted octanol–water partition coefficient (Wildman–Crippen LogP) is 1.97. The number of hydrogen-bond acceptors (Lipinski definition) is 3. The average Bonchev–Trinajstić information content (AvgIpc) is 2.31. The quantitative estimate of drug-likeness (QED) is 0.842. The normalized spacial score (nSPS) is 11.4. The Hall–Kier alpha value is -1.68. The number of hydrogen-bond donors (Lipinski definition) is 0. The molecule has 0 aliphatic carbocycles. The van der Waals surface area contributed by atoms with Gasteiger partial charge in [-0.15, -0.1) is 0 Å². The van der Waals surface area contributed by atoms with Crippen LogP contribution in [0.25, 0.3) is 11.0 Å². The molecule has 102 valence electrons. The molecule has 0 atom stereocenters. The van der Waals surface area contributed by atoms with E-state index < -0.39 is 0 Å². The van der Waals surface area contributed by atoms with Crippen molar-refractivity contribution in [3.8, 4) is 0 Å². The van der Waals surface area contributed by atoms with Gasteiger partial charge in [-0.3, -0.25) is 9.36 Å². The molecule has 0 N–H and O–H groups in total. The van der Waals surface area contributed by atoms with Gasteiger partial charge in [0.1, 0.15) is 5.65 Å². The molecule has 4 nitrogen and oxygen atoms in total. The lowest BCUT2D eigenvalue weighted by atomic mass is 10.1. The van der Waals surface area contributed by atoms with E-state index in [1.165, 1.54) is 5.56 Å². The van der Waals surface area contributed by atoms with Crippen LogP contribution in [-0.4, -0.2) is 35.1 Å². The van der Waals surface area contributed by atoms with E-state index in [1.54, 1.807) is 10.6 Å². The van der Waals surface area contributed by atoms with Gasteiger partial charge in [-0.05, 0) is 58.6 Å². The Balaban J connectivity index is 2.46. The Morgan fingerprint density at radius 2 is 2.00 bits per heavy atom. The van der Waals surface area contributed by atoms with Crippen LogP contribution in [0.15, 0.2) is 23.0 Å². The van der Waals surface area contributed by atoms with E-state index in [-0.39, 0.29) is 5.56 Å². The largest absolute Gasteiger partial charge is 0.309 e. The summed E-state index contributed by atoms with van der Waals surface area (Å²) in [5, 5.41) is 1.06. The molecule has 2 heterocycles. The second-order valence-corrected chi connectivity index (χ2v) is 5.30. The first-order valence-corrected chi connectivity index (χ1v) is 6.61. The van der Waals surface area contributed by atoms with Crippen LogP contribution in [-0.2, 0) is 6.54 Å². The minimum Gasteiger partial charge on any atom is -0.309 e. The molecule has 2 aromatic heterocycles. The van der Waals surface area contributed by atoms with Gasteiger partial charge in [0, 0.05) is 23.7 Å². The van der Waals surface area contributed by atoms with Crippen molar-refractivity contribution in [3.63, 3.8) is 0 Å². The Morgan fingerprint density at radius 1 is 1.26 bits per heavy atom. The highest BCUT2D eigenvalue weighted by atomic mass is 16.1. The van der Waals surface area contributed by atoms with Crippen LogP contribution in [0.2, 0.25) is 0 Å². The van der Waals surface area contributed by atoms with Gasteiger partial charge >= 0.3 is 0 Å². The number of aryl methyl sites for hydroxylation is 3. The summed E-state index contributed by atoms with van der Waals surface area (Å²) in [7, 11) is 4.08. The highest BCUT2D eigenvalue weighted by Gasteiger charge is 2.07. The van der Waals surface area contributed by atoms with Crippen molar-refractivity contribution >= 4 is 11.0 Å². The molecule has 0 bridgehead atoms. The summed E-state index contributed by atoms with van der Waals surface area (Å²) in [6.07, 6.45) is 0.945. The lowest BCUT2D eigenvalue weighted by Crippen LogP contribution is -2.23. The van der Waals surface area contributed by atoms with E-state index in [1.807, 2.05) is 27.1 Å². The van der Waals surface area contributed by atoms with Crippen LogP contribution in [0.3, 0.4) is 0 Å². The number of rotatable bonds is 4. The molecule has 0 spiro atoms. The molecule has 0 unspecified atom stereocenters. The van der Waals surface area contributed by atoms with Crippen molar-refractivity contribution in [1.29, 1.82) is 0 Å². The van der Waals surface area contributed by atoms with E-state index in [2.05, 4.69) is 22.9 Å². The first kappa shape index (κ1) is 13.7. The highest BCUT2D eigenvalue weighted by molar-refractivity contribution is 5.79. The Morgan fingerprint density at radius 3 is 2.68 bits per heavy atom. The smallest absolute Gasteiger partial charge is 0.252 e. The monoisotopic (exact) mass is 259 g/mol. The summed E-state index contributed by atoms with van der Waals surface area (Å²) in [4.78, 5) is 18.7. The zero-order valence-electron chi connectivity index (χ0n) is 12.1. The summed E-state index contributed by atoms with van der Waals surface area (Å²) in [5.74, 6) is 0. The number of nitrogens with zero attached hydrogens (tertiary/aromatic N) is 3. The molecule has 0 aliphatic heterocycles. The van der Waals surface area contributed by atoms with Crippen LogP contribution in [0.1, 0.15) is 17.7 Å². The van der Waals surface area contributed by atoms with E-state index >= 15 is 0 Å². The molecule has 4 heteroatoms. The van der Waals surface area contributed by atoms with Crippen molar-refractivity contribution in [1.82, 2.24) is 14.5 Å². The second kappa shape index (κ2) is 5.53. The molecule has 0 fully saturated rings. The molecule has 19 heavy (non-hydrogen) atoms. The SMILES string of the molecule is Cc1cc(C)c2ccc(=O)n(CCCN(C)C)c2n1. The van der Waals surface area contributed by atoms with E-state index in [9.17, 15) is 4.79 Å². The molecule has 0 amide bonds. The van der Waals surface area contributed by atoms with E-state index in [4.69, 9.17) is 0 Å². The van der Waals surface area contributed by atoms with Crippen LogP contribution in [0, 0.1) is 13.8 Å². The topological polar surface area (TPSA) is 38.1 Å². The number of aromatic nitrogens is 2. The second-order valence-electron chi connectivity index (χ2n) is 5.30. The minimum absolute atomic E-state index is 0.0313. The Labute approximate surface area is 113 Å². The summed E-state index contributed by atoms with van der Waals surface area (Å²) in [6, 6.07) is 5.57. The maximum atomic E-state index is 12.0. The van der Waals surface area contributed by atoms with Crippen molar-refractivity contribution in [3.05, 3.63) is 39.8 Å². The first-order valence-electron chi connectivity index (χ1n) is 6.61. The maximum absolute atomic E-state index is 12.0. The van der Waals surface area contributed by atoms with Crippen LogP contribution in [0.5, 0.6) is 0 Å². The molecular weight excluding hydrogens is 238 g/mol. The molecule has 2 aromatic rings. The Bertz CT molecular complexity index is 644. The van der Waals surface area contributed by atoms with Gasteiger partial charge in [0.25, 0.3) is 5.56 Å². The van der Waals surface area contributed by atoms with Gasteiger partial charge in [0.05, 0.1) is 0 Å². The van der Waals surface area contributed by atoms with E-state index in [0.29, 0.717) is 6.54 Å². The molecule has 0 saturated carbocycles. The van der Waals surface area contributed by atoms with Gasteiger partial charge in [0.15, 0.2) is 0 Å². The summed E-state index contributed by atoms with van der Waals surface area (Å²) in [5.41, 5.74) is 2.97. The lowest BCUT2D eigenvalue weighted by Gasteiger charge is -2.13. The van der Waals surface area contributed by atoms with Gasteiger partial charge in [-0.1, -0.05) is 0 Å². The number of fused-ring (bicyclic) bond motifs is 1. The molecule has 0 saturated heterocycles. The maximum Gasteiger partial charge on any atom is 0.252 e. The van der Waals surface area contributed by atoms with Crippen LogP contribution < -0.4 is 5.56 Å². The van der Waals surface area contributed by atoms with Crippen molar-refractivity contribution in [2.24, 2.45) is 0 Å². The molecule has 0 radical (unpaired) electrons. The van der Waals surface area contributed by atoms with Crippen molar-refractivity contribution < 1.29 is 0 Å². The standard InChI is InChI=1S/C15H21N3O/c1-11-10-12(2)16-15-13(11)6-7-14(19)18(15)9-5-8-17(3)4/h6-7,10H,5,8-9H2,1-4H3. The third-order valence-corrected chi connectivity index (χ3v) is 3.27. The van der Waals surface area contributed by atoms with Gasteiger partial charge in [0.2, 0.25) is 0 Å². The van der Waals surface area contributed by atoms with Crippen LogP contribution >= 0.6 is 0 Å². The predicted molar refractivity (Wildman–Crippen MR) is 78.6 cm³/mol. The summed E-state index contributed by atoms with van der Waals surface area (Å²) in [6.45, 7) is 5.71. The van der Waals surface area contributed by atoms with Gasteiger partial charge in [-0.25, -0.2) is 4.98 Å². The highest BCUT2D eigenvalue weighted by Crippen LogP contribution is 2.16. The van der Waals surface area contributed by atoms with Crippen molar-refractivity contribution in [2.45, 2.75) is 26.8 Å². The van der Waals surface area contributed by atoms with Gasteiger partial charge < -0.3 is 4.90 Å². The summed E-state index contributed by atoms with van der Waals surface area (Å²) < 4.78 is 1.79. The lowest BCUT2D eigenvalue weighted by molar-refractivity contribution is 0.386. The van der Waals surface area contributed by atoms with E-state index in [0.717, 1.165) is 29.7 Å². The Kier molecular flexibility index (Phi) is 4.00. The van der Waals surface area contributed by atoms with Crippen LogP contribution in [0.4, 0.5) is 0 Å². The zero-order chi connectivity index (χ0) is 14.0. The average molecular weight is 259 g/mol. The zero-order valence-corrected chi connectivity index (χ0v) is 12.1. The fraction of sp³-hybridized carbons (Fsp3) is 0.467. The third-order valence-electron chi connectivity index (χ3n) is 3.27.